The van der Waals surface area contributed by atoms with Crippen molar-refractivity contribution in [1.82, 2.24) is 0 Å². The lowest BCUT2D eigenvalue weighted by molar-refractivity contribution is -0.386. The fourth-order valence-corrected chi connectivity index (χ4v) is 6.01. The number of nitrogens with zero attached hydrogens (tertiary/aromatic N) is 2. The van der Waals surface area contributed by atoms with Crippen LogP contribution in [-0.2, 0) is 26.7 Å². The third-order valence-electron chi connectivity index (χ3n) is 6.36. The number of ether oxygens (including phenoxy) is 2. The third kappa shape index (κ3) is 6.37. The Morgan fingerprint density at radius 1 is 1.36 bits per heavy atom. The smallest absolute Gasteiger partial charge is 0.311 e. The molecule has 0 spiro atoms. The van der Waals surface area contributed by atoms with Gasteiger partial charge in [-0.3, -0.25) is 14.9 Å². The van der Waals surface area contributed by atoms with E-state index in [4.69, 9.17) is 14.6 Å². The lowest BCUT2D eigenvalue weighted by Crippen LogP contribution is -2.39. The number of hydrogen-bond donors (Lipinski definition) is 1. The molecule has 0 aromatic heterocycles. The highest BCUT2D eigenvalue weighted by Crippen LogP contribution is 2.40. The first kappa shape index (κ1) is 27.5. The van der Waals surface area contributed by atoms with Gasteiger partial charge < -0.3 is 9.47 Å². The van der Waals surface area contributed by atoms with Crippen LogP contribution in [0.1, 0.15) is 53.2 Å². The monoisotopic (exact) mass is 515 g/mol. The van der Waals surface area contributed by atoms with Crippen LogP contribution in [0.3, 0.4) is 0 Å². The van der Waals surface area contributed by atoms with Crippen molar-refractivity contribution >= 4 is 21.5 Å². The molecule has 0 saturated heterocycles. The Morgan fingerprint density at radius 2 is 2.11 bits per heavy atom. The molecule has 36 heavy (non-hydrogen) atoms. The van der Waals surface area contributed by atoms with Gasteiger partial charge in [0, 0.05) is 24.5 Å². The van der Waals surface area contributed by atoms with Crippen molar-refractivity contribution in [3.05, 3.63) is 81.4 Å². The number of nitro groups is 1. The minimum Gasteiger partial charge on any atom is -0.483 e. The van der Waals surface area contributed by atoms with Gasteiger partial charge in [-0.25, -0.2) is 9.35 Å². The third-order valence-corrected chi connectivity index (χ3v) is 7.88. The van der Waals surface area contributed by atoms with Crippen LogP contribution in [0, 0.1) is 23.0 Å². The summed E-state index contributed by atoms with van der Waals surface area (Å²) in [6.07, 6.45) is 4.78. The van der Waals surface area contributed by atoms with E-state index in [1.807, 2.05) is 26.0 Å². The summed E-state index contributed by atoms with van der Waals surface area (Å²) >= 11 is 0. The lowest BCUT2D eigenvalue weighted by Gasteiger charge is -2.37. The quantitative estimate of drug-likeness (QED) is 0.273. The molecule has 0 unspecified atom stereocenters. The predicted molar refractivity (Wildman–Crippen MR) is 139 cm³/mol. The first-order chi connectivity index (χ1) is 17.0. The van der Waals surface area contributed by atoms with Gasteiger partial charge in [0.15, 0.2) is 5.75 Å². The molecular weight excluding hydrogens is 482 g/mol. The number of fused-ring (bicyclic) bond motifs is 1. The highest BCUT2D eigenvalue weighted by atomic mass is 32.2. The number of carbonyl (C=O) groups is 1. The minimum atomic E-state index is -3.30. The first-order valence-electron chi connectivity index (χ1n) is 11.7. The molecule has 194 valence electrons. The number of rotatable bonds is 10. The number of methoxy groups -OCH3 is 1. The predicted octanol–water partition coefficient (Wildman–Crippen LogP) is 4.85. The van der Waals surface area contributed by atoms with E-state index in [-0.39, 0.29) is 29.6 Å². The number of hydrogen-bond acceptors (Lipinski definition) is 6. The molecule has 1 aliphatic carbocycles. The molecule has 3 rings (SSSR count). The molecule has 2 aromatic carbocycles. The molecule has 2 aromatic rings. The Bertz CT molecular complexity index is 1280. The second-order valence-electron chi connectivity index (χ2n) is 9.32. The van der Waals surface area contributed by atoms with Gasteiger partial charge in [0.05, 0.1) is 4.92 Å². The topological polar surface area (TPSA) is 134 Å². The minimum absolute atomic E-state index is 0.000275. The van der Waals surface area contributed by atoms with Gasteiger partial charge in [0.2, 0.25) is 0 Å². The van der Waals surface area contributed by atoms with E-state index in [0.717, 1.165) is 30.0 Å². The molecule has 0 saturated carbocycles. The van der Waals surface area contributed by atoms with Crippen molar-refractivity contribution < 1.29 is 23.4 Å². The molecule has 0 heterocycles. The standard InChI is InChI=1S/C26H33N3O6S/c1-5-7-19(3)16-36(27,33)28-25(30)21-10-12-24(23(15-21)29(31)32)35-17-26(34-4)13-6-8-20-14-18(2)9-11-22(20)26/h5,9-12,14-15,19H,1,6-8,13,16-17H2,2-4H3,(H2,27,28,30,33)/t19-,26-,36+/m0/s1. The van der Waals surface area contributed by atoms with Crippen molar-refractivity contribution in [2.75, 3.05) is 19.5 Å². The van der Waals surface area contributed by atoms with E-state index in [1.54, 1.807) is 13.2 Å². The molecular formula is C26H33N3O6S. The number of nitrogens with two attached hydrogens (primary N) is 1. The summed E-state index contributed by atoms with van der Waals surface area (Å²) < 4.78 is 28.1. The van der Waals surface area contributed by atoms with Gasteiger partial charge in [-0.1, -0.05) is 36.8 Å². The number of amides is 1. The highest BCUT2D eigenvalue weighted by molar-refractivity contribution is 7.91. The number of aryl methyl sites for hydroxylation is 2. The Balaban J connectivity index is 1.86. The Morgan fingerprint density at radius 3 is 2.78 bits per heavy atom. The van der Waals surface area contributed by atoms with Crippen LogP contribution >= 0.6 is 0 Å². The van der Waals surface area contributed by atoms with Crippen LogP contribution in [0.4, 0.5) is 5.69 Å². The molecule has 2 N–H and O–H groups in total. The molecule has 0 bridgehead atoms. The maximum atomic E-state index is 12.6. The summed E-state index contributed by atoms with van der Waals surface area (Å²) in [5.74, 6) is -0.953. The second kappa shape index (κ2) is 11.3. The molecule has 1 amide bonds. The Kier molecular flexibility index (Phi) is 8.65. The van der Waals surface area contributed by atoms with Crippen LogP contribution in [0.5, 0.6) is 5.75 Å². The number of carbonyl (C=O) groups excluding carboxylic acids is 1. The van der Waals surface area contributed by atoms with E-state index in [2.05, 4.69) is 17.0 Å². The molecule has 10 heteroatoms. The van der Waals surface area contributed by atoms with Crippen LogP contribution in [0.25, 0.3) is 0 Å². The van der Waals surface area contributed by atoms with Crippen molar-refractivity contribution in [2.24, 2.45) is 15.4 Å². The Labute approximate surface area is 212 Å². The zero-order chi connectivity index (χ0) is 26.5. The molecule has 0 radical (unpaired) electrons. The van der Waals surface area contributed by atoms with Gasteiger partial charge in [-0.05, 0) is 61.8 Å². The van der Waals surface area contributed by atoms with Crippen LogP contribution in [0.2, 0.25) is 0 Å². The summed E-state index contributed by atoms with van der Waals surface area (Å²) in [6.45, 7) is 7.55. The van der Waals surface area contributed by atoms with Crippen molar-refractivity contribution in [3.63, 3.8) is 0 Å². The summed E-state index contributed by atoms with van der Waals surface area (Å²) in [5, 5.41) is 17.6. The molecule has 9 nitrogen and oxygen atoms in total. The lowest BCUT2D eigenvalue weighted by atomic mass is 9.79. The van der Waals surface area contributed by atoms with Crippen molar-refractivity contribution in [2.45, 2.75) is 45.1 Å². The second-order valence-corrected chi connectivity index (χ2v) is 11.2. The average Bonchev–Trinajstić information content (AvgIpc) is 2.81. The molecule has 0 aliphatic heterocycles. The summed E-state index contributed by atoms with van der Waals surface area (Å²) in [4.78, 5) is 23.8. The maximum absolute atomic E-state index is 12.6. The zero-order valence-electron chi connectivity index (χ0n) is 20.9. The van der Waals surface area contributed by atoms with Gasteiger partial charge in [-0.15, -0.1) is 10.9 Å². The van der Waals surface area contributed by atoms with E-state index in [0.29, 0.717) is 12.8 Å². The van der Waals surface area contributed by atoms with Crippen molar-refractivity contribution in [3.8, 4) is 5.75 Å². The van der Waals surface area contributed by atoms with E-state index in [1.165, 1.54) is 17.7 Å². The molecule has 3 atom stereocenters. The SMILES string of the molecule is C=CC[C@H](C)C[S@](N)(=O)=NC(=O)c1ccc(OC[C@@]2(OC)CCCc3cc(C)ccc32)c([N+](=O)[O-])c1. The summed E-state index contributed by atoms with van der Waals surface area (Å²) in [6, 6.07) is 9.94. The maximum Gasteiger partial charge on any atom is 0.311 e. The van der Waals surface area contributed by atoms with E-state index < -0.39 is 32.0 Å². The highest BCUT2D eigenvalue weighted by Gasteiger charge is 2.38. The van der Waals surface area contributed by atoms with E-state index in [9.17, 15) is 19.1 Å². The van der Waals surface area contributed by atoms with Gasteiger partial charge in [0.1, 0.15) is 22.1 Å². The fourth-order valence-electron chi connectivity index (χ4n) is 4.59. The first-order valence-corrected chi connectivity index (χ1v) is 13.5. The number of nitro benzene ring substituents is 1. The number of benzene rings is 2. The normalized spacial score (nSPS) is 19.4. The fraction of sp³-hybridized carbons (Fsp3) is 0.423. The zero-order valence-corrected chi connectivity index (χ0v) is 21.7. The Hall–Kier alpha value is -3.08. The summed E-state index contributed by atoms with van der Waals surface area (Å²) in [5.41, 5.74) is 2.11. The largest absolute Gasteiger partial charge is 0.483 e. The summed E-state index contributed by atoms with van der Waals surface area (Å²) in [7, 11) is -1.69. The van der Waals surface area contributed by atoms with Gasteiger partial charge in [0.25, 0.3) is 5.91 Å². The van der Waals surface area contributed by atoms with E-state index >= 15 is 0 Å². The number of allylic oxidation sites excluding steroid dienone is 1. The van der Waals surface area contributed by atoms with Crippen molar-refractivity contribution in [1.29, 1.82) is 0 Å². The van der Waals surface area contributed by atoms with Gasteiger partial charge >= 0.3 is 5.69 Å². The van der Waals surface area contributed by atoms with Gasteiger partial charge in [-0.2, -0.15) is 0 Å². The molecule has 1 aliphatic rings. The average molecular weight is 516 g/mol. The van der Waals surface area contributed by atoms with Crippen LogP contribution in [-0.4, -0.2) is 34.5 Å². The van der Waals surface area contributed by atoms with Crippen LogP contribution in [0.15, 0.2) is 53.4 Å². The van der Waals surface area contributed by atoms with Crippen LogP contribution < -0.4 is 9.88 Å². The molecule has 0 fully saturated rings.